The maximum absolute atomic E-state index is 12.2. The molecule has 0 unspecified atom stereocenters. The minimum absolute atomic E-state index is 0.0569. The second-order valence-corrected chi connectivity index (χ2v) is 7.53. The highest BCUT2D eigenvalue weighted by molar-refractivity contribution is 7.13. The van der Waals surface area contributed by atoms with Crippen LogP contribution in [-0.4, -0.2) is 21.8 Å². The smallest absolute Gasteiger partial charge is 0.306 e. The molecule has 1 aromatic carbocycles. The minimum atomic E-state index is -0.905. The Morgan fingerprint density at radius 3 is 2.50 bits per heavy atom. The summed E-state index contributed by atoms with van der Waals surface area (Å²) >= 11 is 7.34. The fourth-order valence-electron chi connectivity index (χ4n) is 2.50. The summed E-state index contributed by atoms with van der Waals surface area (Å²) in [5.74, 6) is -1.37. The first-order valence-corrected chi connectivity index (χ1v) is 9.05. The number of carbonyl (C=O) groups excluding carboxylic acids is 1. The van der Waals surface area contributed by atoms with Gasteiger partial charge in [-0.05, 0) is 24.5 Å². The Labute approximate surface area is 150 Å². The Balaban J connectivity index is 1.99. The van der Waals surface area contributed by atoms with Crippen LogP contribution in [0.15, 0.2) is 29.6 Å². The molecule has 24 heavy (non-hydrogen) atoms. The van der Waals surface area contributed by atoms with Gasteiger partial charge in [-0.15, -0.1) is 11.3 Å². The quantitative estimate of drug-likeness (QED) is 0.735. The molecular formula is C18H20ClNO3S. The number of rotatable bonds is 8. The van der Waals surface area contributed by atoms with E-state index >= 15 is 0 Å². The molecule has 0 aliphatic rings. The third kappa shape index (κ3) is 5.42. The monoisotopic (exact) mass is 365 g/mol. The summed E-state index contributed by atoms with van der Waals surface area (Å²) in [6, 6.07) is 7.37. The van der Waals surface area contributed by atoms with Crippen molar-refractivity contribution in [2.75, 3.05) is 0 Å². The van der Waals surface area contributed by atoms with E-state index < -0.39 is 11.9 Å². The Kier molecular flexibility index (Phi) is 6.52. The third-order valence-corrected chi connectivity index (χ3v) is 4.79. The molecule has 1 heterocycles. The first-order chi connectivity index (χ1) is 11.3. The fraction of sp³-hybridized carbons (Fsp3) is 0.389. The lowest BCUT2D eigenvalue weighted by Gasteiger charge is -2.13. The molecule has 6 heteroatoms. The standard InChI is InChI=1S/C18H20ClNO3S/c1-11(2)7-13(18(22)23)8-16(21)9-15-10-24-17(20-15)12-3-5-14(19)6-4-12/h3-6,10-11,13H,7-9H2,1-2H3,(H,22,23)/t13-/m1/s1. The molecule has 0 bridgehead atoms. The summed E-state index contributed by atoms with van der Waals surface area (Å²) in [6.45, 7) is 3.92. The van der Waals surface area contributed by atoms with E-state index in [2.05, 4.69) is 4.98 Å². The van der Waals surface area contributed by atoms with Gasteiger partial charge in [-0.25, -0.2) is 4.98 Å². The van der Waals surface area contributed by atoms with Gasteiger partial charge >= 0.3 is 5.97 Å². The van der Waals surface area contributed by atoms with E-state index in [-0.39, 0.29) is 24.5 Å². The van der Waals surface area contributed by atoms with Gasteiger partial charge in [-0.2, -0.15) is 0 Å². The van der Waals surface area contributed by atoms with Crippen LogP contribution < -0.4 is 0 Å². The number of nitrogens with zero attached hydrogens (tertiary/aromatic N) is 1. The SMILES string of the molecule is CC(C)C[C@H](CC(=O)Cc1csc(-c2ccc(Cl)cc2)n1)C(=O)O. The van der Waals surface area contributed by atoms with Gasteiger partial charge < -0.3 is 5.11 Å². The van der Waals surface area contributed by atoms with Gasteiger partial charge in [0.15, 0.2) is 0 Å². The second-order valence-electron chi connectivity index (χ2n) is 6.24. The van der Waals surface area contributed by atoms with Crippen molar-refractivity contribution >= 4 is 34.7 Å². The van der Waals surface area contributed by atoms with E-state index in [1.165, 1.54) is 11.3 Å². The molecule has 0 aliphatic heterocycles. The van der Waals surface area contributed by atoms with Crippen LogP contribution in [0.3, 0.4) is 0 Å². The molecule has 1 N–H and O–H groups in total. The average Bonchev–Trinajstić information content (AvgIpc) is 2.95. The van der Waals surface area contributed by atoms with Crippen molar-refractivity contribution in [1.82, 2.24) is 4.98 Å². The largest absolute Gasteiger partial charge is 0.481 e. The lowest BCUT2D eigenvalue weighted by Crippen LogP contribution is -2.20. The molecule has 0 fully saturated rings. The molecule has 1 aromatic heterocycles. The van der Waals surface area contributed by atoms with Crippen molar-refractivity contribution in [2.45, 2.75) is 33.1 Å². The van der Waals surface area contributed by atoms with Crippen molar-refractivity contribution in [3.8, 4) is 10.6 Å². The molecule has 4 nitrogen and oxygen atoms in total. The summed E-state index contributed by atoms with van der Waals surface area (Å²) in [7, 11) is 0. The molecule has 0 radical (unpaired) electrons. The number of benzene rings is 1. The summed E-state index contributed by atoms with van der Waals surface area (Å²) in [5.41, 5.74) is 1.63. The lowest BCUT2D eigenvalue weighted by molar-refractivity contribution is -0.144. The van der Waals surface area contributed by atoms with Crippen LogP contribution in [-0.2, 0) is 16.0 Å². The highest BCUT2D eigenvalue weighted by Gasteiger charge is 2.22. The molecule has 0 aliphatic carbocycles. The molecule has 1 atom stereocenters. The average molecular weight is 366 g/mol. The van der Waals surface area contributed by atoms with Crippen molar-refractivity contribution < 1.29 is 14.7 Å². The topological polar surface area (TPSA) is 67.3 Å². The third-order valence-electron chi connectivity index (χ3n) is 3.60. The van der Waals surface area contributed by atoms with Gasteiger partial charge in [-0.1, -0.05) is 37.6 Å². The van der Waals surface area contributed by atoms with Crippen LogP contribution in [0.1, 0.15) is 32.4 Å². The number of carboxylic acid groups (broad SMARTS) is 1. The van der Waals surface area contributed by atoms with E-state index in [0.29, 0.717) is 17.1 Å². The van der Waals surface area contributed by atoms with Crippen LogP contribution in [0.2, 0.25) is 5.02 Å². The number of thiazole rings is 1. The Hall–Kier alpha value is -1.72. The van der Waals surface area contributed by atoms with Gasteiger partial charge in [0.2, 0.25) is 0 Å². The molecule has 128 valence electrons. The normalized spacial score (nSPS) is 12.3. The fourth-order valence-corrected chi connectivity index (χ4v) is 3.45. The zero-order valence-electron chi connectivity index (χ0n) is 13.7. The van der Waals surface area contributed by atoms with Gasteiger partial charge in [0, 0.05) is 28.8 Å². The number of Topliss-reactive ketones (excluding diaryl/α,β-unsaturated/α-hetero) is 1. The Morgan fingerprint density at radius 1 is 1.25 bits per heavy atom. The highest BCUT2D eigenvalue weighted by Crippen LogP contribution is 2.26. The number of carbonyl (C=O) groups is 2. The van der Waals surface area contributed by atoms with Crippen LogP contribution in [0, 0.1) is 11.8 Å². The summed E-state index contributed by atoms with van der Waals surface area (Å²) in [6.07, 6.45) is 0.738. The van der Waals surface area contributed by atoms with Gasteiger partial charge in [0.05, 0.1) is 11.6 Å². The number of carboxylic acids is 1. The van der Waals surface area contributed by atoms with Crippen molar-refractivity contribution in [3.63, 3.8) is 0 Å². The maximum Gasteiger partial charge on any atom is 0.306 e. The summed E-state index contributed by atoms with van der Waals surface area (Å²) in [5, 5.41) is 12.6. The van der Waals surface area contributed by atoms with Gasteiger partial charge in [0.1, 0.15) is 10.8 Å². The second kappa shape index (κ2) is 8.40. The summed E-state index contributed by atoms with van der Waals surface area (Å²) < 4.78 is 0. The first kappa shape index (κ1) is 18.6. The Bertz CT molecular complexity index is 709. The maximum atomic E-state index is 12.2. The van der Waals surface area contributed by atoms with Crippen molar-refractivity contribution in [2.24, 2.45) is 11.8 Å². The minimum Gasteiger partial charge on any atom is -0.481 e. The number of hydrogen-bond donors (Lipinski definition) is 1. The Morgan fingerprint density at radius 2 is 1.92 bits per heavy atom. The number of halogens is 1. The molecule has 0 saturated carbocycles. The molecule has 2 rings (SSSR count). The molecule has 2 aromatic rings. The summed E-state index contributed by atoms with van der Waals surface area (Å²) in [4.78, 5) is 27.9. The van der Waals surface area contributed by atoms with E-state index in [9.17, 15) is 14.7 Å². The van der Waals surface area contributed by atoms with Crippen LogP contribution >= 0.6 is 22.9 Å². The zero-order chi connectivity index (χ0) is 17.7. The predicted octanol–water partition coefficient (Wildman–Crippen LogP) is 4.71. The molecule has 0 spiro atoms. The van der Waals surface area contributed by atoms with E-state index in [0.717, 1.165) is 10.6 Å². The lowest BCUT2D eigenvalue weighted by atomic mass is 9.91. The molecule has 0 saturated heterocycles. The van der Waals surface area contributed by atoms with Gasteiger partial charge in [0.25, 0.3) is 0 Å². The first-order valence-electron chi connectivity index (χ1n) is 7.80. The number of ketones is 1. The van der Waals surface area contributed by atoms with Crippen LogP contribution in [0.4, 0.5) is 0 Å². The zero-order valence-corrected chi connectivity index (χ0v) is 15.2. The van der Waals surface area contributed by atoms with Crippen LogP contribution in [0.25, 0.3) is 10.6 Å². The van der Waals surface area contributed by atoms with Crippen molar-refractivity contribution in [1.29, 1.82) is 0 Å². The van der Waals surface area contributed by atoms with E-state index in [1.54, 1.807) is 12.1 Å². The van der Waals surface area contributed by atoms with Crippen molar-refractivity contribution in [3.05, 3.63) is 40.4 Å². The van der Waals surface area contributed by atoms with Crippen LogP contribution in [0.5, 0.6) is 0 Å². The highest BCUT2D eigenvalue weighted by atomic mass is 35.5. The molecular weight excluding hydrogens is 346 g/mol. The number of aromatic nitrogens is 1. The molecule has 0 amide bonds. The van der Waals surface area contributed by atoms with E-state index in [4.69, 9.17) is 11.6 Å². The number of aliphatic carboxylic acids is 1. The van der Waals surface area contributed by atoms with E-state index in [1.807, 2.05) is 31.4 Å². The predicted molar refractivity (Wildman–Crippen MR) is 96.5 cm³/mol. The number of hydrogen-bond acceptors (Lipinski definition) is 4. The van der Waals surface area contributed by atoms with Gasteiger partial charge in [-0.3, -0.25) is 9.59 Å².